The molecule has 3 rings (SSSR count). The Balaban J connectivity index is 1.59. The third-order valence-corrected chi connectivity index (χ3v) is 5.10. The first kappa shape index (κ1) is 13.8. The molecule has 1 saturated carbocycles. The van der Waals surface area contributed by atoms with Crippen LogP contribution in [0, 0.1) is 5.92 Å². The average molecular weight is 269 g/mol. The number of aliphatic hydroxyl groups is 1. The lowest BCUT2D eigenvalue weighted by molar-refractivity contribution is -0.171. The molecular formula is C15H27NO3. The van der Waals surface area contributed by atoms with Crippen molar-refractivity contribution in [3.8, 4) is 0 Å². The molecule has 1 aliphatic carbocycles. The van der Waals surface area contributed by atoms with Crippen LogP contribution in [-0.2, 0) is 9.47 Å². The first-order chi connectivity index (χ1) is 9.10. The summed E-state index contributed by atoms with van der Waals surface area (Å²) in [6, 6.07) is 0.656. The summed E-state index contributed by atoms with van der Waals surface area (Å²) < 4.78 is 11.5. The van der Waals surface area contributed by atoms with Gasteiger partial charge in [-0.1, -0.05) is 0 Å². The molecule has 2 aliphatic heterocycles. The Kier molecular flexibility index (Phi) is 3.87. The van der Waals surface area contributed by atoms with E-state index >= 15 is 0 Å². The molecule has 2 unspecified atom stereocenters. The second-order valence-corrected chi connectivity index (χ2v) is 6.85. The highest BCUT2D eigenvalue weighted by Gasteiger charge is 2.44. The summed E-state index contributed by atoms with van der Waals surface area (Å²) in [5.74, 6) is 0.339. The minimum absolute atomic E-state index is 0.0231. The van der Waals surface area contributed by atoms with E-state index in [4.69, 9.17) is 9.47 Å². The van der Waals surface area contributed by atoms with Gasteiger partial charge in [-0.2, -0.15) is 0 Å². The minimum atomic E-state index is -0.613. The highest BCUT2D eigenvalue weighted by molar-refractivity contribution is 4.96. The van der Waals surface area contributed by atoms with E-state index < -0.39 is 5.60 Å². The number of hydrogen-bond donors (Lipinski definition) is 2. The number of ether oxygens (including phenoxy) is 2. The first-order valence-corrected chi connectivity index (χ1v) is 7.77. The van der Waals surface area contributed by atoms with Gasteiger partial charge in [0, 0.05) is 32.4 Å². The molecule has 3 aliphatic rings. The maximum Gasteiger partial charge on any atom is 0.0773 e. The fraction of sp³-hybridized carbons (Fsp3) is 1.00. The van der Waals surface area contributed by atoms with Crippen LogP contribution >= 0.6 is 0 Å². The molecule has 2 saturated heterocycles. The molecule has 0 aromatic heterocycles. The lowest BCUT2D eigenvalue weighted by atomic mass is 9.74. The quantitative estimate of drug-likeness (QED) is 0.811. The molecule has 4 heteroatoms. The molecule has 4 nitrogen and oxygen atoms in total. The standard InChI is InChI=1S/C15H27NO3/c1-14(17,11-16-13-2-3-13)12-4-7-19-15(10-12)5-8-18-9-6-15/h12-13,16-17H,2-11H2,1H3. The van der Waals surface area contributed by atoms with Crippen molar-refractivity contribution >= 4 is 0 Å². The maximum absolute atomic E-state index is 10.8. The maximum atomic E-state index is 10.8. The molecule has 1 spiro atoms. The van der Waals surface area contributed by atoms with Gasteiger partial charge in [-0.15, -0.1) is 0 Å². The van der Waals surface area contributed by atoms with Crippen LogP contribution in [0.2, 0.25) is 0 Å². The second kappa shape index (κ2) is 5.32. The Hall–Kier alpha value is -0.160. The summed E-state index contributed by atoms with van der Waals surface area (Å²) >= 11 is 0. The van der Waals surface area contributed by atoms with Gasteiger partial charge in [0.25, 0.3) is 0 Å². The summed E-state index contributed by atoms with van der Waals surface area (Å²) in [6.45, 7) is 5.09. The van der Waals surface area contributed by atoms with Crippen LogP contribution in [0.3, 0.4) is 0 Å². The van der Waals surface area contributed by atoms with Crippen molar-refractivity contribution in [1.29, 1.82) is 0 Å². The molecular weight excluding hydrogens is 242 g/mol. The van der Waals surface area contributed by atoms with Gasteiger partial charge in [0.15, 0.2) is 0 Å². The van der Waals surface area contributed by atoms with Crippen molar-refractivity contribution in [3.05, 3.63) is 0 Å². The fourth-order valence-electron chi connectivity index (χ4n) is 3.43. The van der Waals surface area contributed by atoms with Gasteiger partial charge in [0.05, 0.1) is 11.2 Å². The van der Waals surface area contributed by atoms with E-state index in [1.54, 1.807) is 0 Å². The van der Waals surface area contributed by atoms with Crippen LogP contribution < -0.4 is 5.32 Å². The zero-order chi connectivity index (χ0) is 13.3. The van der Waals surface area contributed by atoms with Gasteiger partial charge < -0.3 is 19.9 Å². The van der Waals surface area contributed by atoms with Gasteiger partial charge >= 0.3 is 0 Å². The predicted octanol–water partition coefficient (Wildman–Crippen LogP) is 1.47. The summed E-state index contributed by atoms with van der Waals surface area (Å²) in [5, 5.41) is 14.3. The van der Waals surface area contributed by atoms with E-state index in [0.29, 0.717) is 12.0 Å². The molecule has 2 N–H and O–H groups in total. The first-order valence-electron chi connectivity index (χ1n) is 7.77. The van der Waals surface area contributed by atoms with E-state index in [-0.39, 0.29) is 5.60 Å². The Bertz CT molecular complexity index is 303. The van der Waals surface area contributed by atoms with Crippen molar-refractivity contribution in [1.82, 2.24) is 5.32 Å². The van der Waals surface area contributed by atoms with Crippen molar-refractivity contribution in [2.24, 2.45) is 5.92 Å². The lowest BCUT2D eigenvalue weighted by Crippen LogP contribution is -2.53. The van der Waals surface area contributed by atoms with Crippen LogP contribution in [0.1, 0.15) is 45.4 Å². The molecule has 110 valence electrons. The van der Waals surface area contributed by atoms with Gasteiger partial charge in [-0.25, -0.2) is 0 Å². The molecule has 19 heavy (non-hydrogen) atoms. The second-order valence-electron chi connectivity index (χ2n) is 6.85. The van der Waals surface area contributed by atoms with Crippen LogP contribution in [0.15, 0.2) is 0 Å². The molecule has 0 amide bonds. The lowest BCUT2D eigenvalue weighted by Gasteiger charge is -2.47. The Morgan fingerprint density at radius 2 is 1.95 bits per heavy atom. The predicted molar refractivity (Wildman–Crippen MR) is 73.1 cm³/mol. The Labute approximate surface area is 115 Å². The van der Waals surface area contributed by atoms with Gasteiger partial charge in [0.2, 0.25) is 0 Å². The van der Waals surface area contributed by atoms with E-state index in [9.17, 15) is 5.11 Å². The molecule has 0 bridgehead atoms. The number of rotatable bonds is 4. The normalized spacial score (nSPS) is 34.1. The van der Waals surface area contributed by atoms with Gasteiger partial charge in [0.1, 0.15) is 0 Å². The van der Waals surface area contributed by atoms with Crippen LogP contribution in [0.25, 0.3) is 0 Å². The molecule has 2 atom stereocenters. The molecule has 0 radical (unpaired) electrons. The zero-order valence-electron chi connectivity index (χ0n) is 12.0. The van der Waals surface area contributed by atoms with Crippen LogP contribution in [0.4, 0.5) is 0 Å². The fourth-order valence-corrected chi connectivity index (χ4v) is 3.43. The average Bonchev–Trinajstić information content (AvgIpc) is 3.22. The smallest absolute Gasteiger partial charge is 0.0773 e. The van der Waals surface area contributed by atoms with Crippen molar-refractivity contribution < 1.29 is 14.6 Å². The molecule has 0 aromatic carbocycles. The van der Waals surface area contributed by atoms with E-state index in [0.717, 1.165) is 52.0 Å². The van der Waals surface area contributed by atoms with E-state index in [2.05, 4.69) is 5.32 Å². The summed E-state index contributed by atoms with van der Waals surface area (Å²) in [5.41, 5.74) is -0.636. The highest BCUT2D eigenvalue weighted by atomic mass is 16.5. The van der Waals surface area contributed by atoms with Crippen LogP contribution in [0.5, 0.6) is 0 Å². The van der Waals surface area contributed by atoms with Gasteiger partial charge in [-0.3, -0.25) is 0 Å². The largest absolute Gasteiger partial charge is 0.389 e. The third-order valence-electron chi connectivity index (χ3n) is 5.10. The topological polar surface area (TPSA) is 50.7 Å². The monoisotopic (exact) mass is 269 g/mol. The van der Waals surface area contributed by atoms with Crippen molar-refractivity contribution in [3.63, 3.8) is 0 Å². The zero-order valence-corrected chi connectivity index (χ0v) is 12.0. The highest BCUT2D eigenvalue weighted by Crippen LogP contribution is 2.41. The van der Waals surface area contributed by atoms with E-state index in [1.807, 2.05) is 6.92 Å². The number of nitrogens with one attached hydrogen (secondary N) is 1. The van der Waals surface area contributed by atoms with Gasteiger partial charge in [-0.05, 0) is 51.4 Å². The molecule has 3 fully saturated rings. The molecule has 2 heterocycles. The van der Waals surface area contributed by atoms with Crippen LogP contribution in [-0.4, -0.2) is 48.7 Å². The third kappa shape index (κ3) is 3.30. The molecule has 0 aromatic rings. The SMILES string of the molecule is CC(O)(CNC1CC1)C1CCOC2(CCOCC2)C1. The summed E-state index contributed by atoms with van der Waals surface area (Å²) in [7, 11) is 0. The Morgan fingerprint density at radius 1 is 1.21 bits per heavy atom. The van der Waals surface area contributed by atoms with Crippen molar-refractivity contribution in [2.75, 3.05) is 26.4 Å². The Morgan fingerprint density at radius 3 is 2.63 bits per heavy atom. The van der Waals surface area contributed by atoms with E-state index in [1.165, 1.54) is 12.8 Å². The minimum Gasteiger partial charge on any atom is -0.389 e. The summed E-state index contributed by atoms with van der Waals surface area (Å²) in [4.78, 5) is 0. The van der Waals surface area contributed by atoms with Crippen molar-refractivity contribution in [2.45, 2.75) is 62.7 Å². The number of hydrogen-bond acceptors (Lipinski definition) is 4. The summed E-state index contributed by atoms with van der Waals surface area (Å²) in [6.07, 6.45) is 6.46.